The monoisotopic (exact) mass is 569 g/mol. The fourth-order valence-corrected chi connectivity index (χ4v) is 4.58. The first-order chi connectivity index (χ1) is 17.2. The van der Waals surface area contributed by atoms with Crippen LogP contribution in [0.3, 0.4) is 0 Å². The molecule has 1 atom stereocenters. The van der Waals surface area contributed by atoms with Crippen molar-refractivity contribution in [3.63, 3.8) is 0 Å². The van der Waals surface area contributed by atoms with E-state index >= 15 is 0 Å². The lowest BCUT2D eigenvalue weighted by Crippen LogP contribution is -2.50. The maximum atomic E-state index is 14.4. The Balaban J connectivity index is 2.45. The van der Waals surface area contributed by atoms with Crippen LogP contribution in [0.2, 0.25) is 0 Å². The SMILES string of the molecule is C=Nc1cccc(C(=O)Nc2ccc(C(F)(C(F)(F)F)C(F)(F)F)cc2C)c1C(=O)NC(C)CS(C)(=O)=O. The van der Waals surface area contributed by atoms with Crippen LogP contribution in [-0.4, -0.2) is 57.4 Å². The molecule has 0 aliphatic heterocycles. The minimum absolute atomic E-state index is 0.0636. The first-order valence-electron chi connectivity index (χ1n) is 10.6. The Morgan fingerprint density at radius 3 is 2.05 bits per heavy atom. The quantitative estimate of drug-likeness (QED) is 0.344. The van der Waals surface area contributed by atoms with E-state index in [1.807, 2.05) is 0 Å². The molecule has 2 aromatic carbocycles. The number of halogens is 7. The van der Waals surface area contributed by atoms with Gasteiger partial charge in [-0.2, -0.15) is 26.3 Å². The Bertz CT molecular complexity index is 1340. The summed E-state index contributed by atoms with van der Waals surface area (Å²) in [5.41, 5.74) is -8.67. The molecule has 2 N–H and O–H groups in total. The van der Waals surface area contributed by atoms with Crippen LogP contribution in [0.1, 0.15) is 38.8 Å². The highest BCUT2D eigenvalue weighted by atomic mass is 32.2. The van der Waals surface area contributed by atoms with Gasteiger partial charge in [0.15, 0.2) is 0 Å². The summed E-state index contributed by atoms with van der Waals surface area (Å²) >= 11 is 0. The molecule has 0 aromatic heterocycles. The molecule has 0 radical (unpaired) electrons. The predicted molar refractivity (Wildman–Crippen MR) is 126 cm³/mol. The highest BCUT2D eigenvalue weighted by Crippen LogP contribution is 2.53. The molecule has 15 heteroatoms. The second-order valence-electron chi connectivity index (χ2n) is 8.46. The van der Waals surface area contributed by atoms with E-state index in [-0.39, 0.29) is 34.1 Å². The van der Waals surface area contributed by atoms with Gasteiger partial charge in [-0.3, -0.25) is 14.6 Å². The molecule has 2 amide bonds. The van der Waals surface area contributed by atoms with E-state index in [9.17, 15) is 48.7 Å². The number of hydrogen-bond acceptors (Lipinski definition) is 5. The highest BCUT2D eigenvalue weighted by molar-refractivity contribution is 7.90. The second-order valence-corrected chi connectivity index (χ2v) is 10.6. The van der Waals surface area contributed by atoms with Gasteiger partial charge in [0.2, 0.25) is 0 Å². The van der Waals surface area contributed by atoms with Gasteiger partial charge < -0.3 is 10.6 Å². The number of carbonyl (C=O) groups excluding carboxylic acids is 2. The van der Waals surface area contributed by atoms with Crippen molar-refractivity contribution in [3.8, 4) is 0 Å². The van der Waals surface area contributed by atoms with Gasteiger partial charge in [-0.15, -0.1) is 0 Å². The lowest BCUT2D eigenvalue weighted by molar-refractivity contribution is -0.348. The molecule has 0 bridgehead atoms. The largest absolute Gasteiger partial charge is 0.435 e. The molecule has 0 saturated heterocycles. The van der Waals surface area contributed by atoms with Crippen molar-refractivity contribution in [1.29, 1.82) is 0 Å². The number of nitrogens with one attached hydrogen (secondary N) is 2. The zero-order valence-electron chi connectivity index (χ0n) is 20.1. The summed E-state index contributed by atoms with van der Waals surface area (Å²) in [5, 5.41) is 4.67. The number of aryl methyl sites for hydroxylation is 1. The first kappa shape index (κ1) is 30.7. The van der Waals surface area contributed by atoms with Gasteiger partial charge >= 0.3 is 18.0 Å². The molecule has 208 valence electrons. The molecule has 0 spiro atoms. The number of amides is 2. The Labute approximate surface area is 213 Å². The van der Waals surface area contributed by atoms with Crippen molar-refractivity contribution >= 4 is 39.7 Å². The van der Waals surface area contributed by atoms with Gasteiger partial charge in [0.25, 0.3) is 11.8 Å². The van der Waals surface area contributed by atoms with Crippen molar-refractivity contribution in [2.45, 2.75) is 37.9 Å². The van der Waals surface area contributed by atoms with Crippen molar-refractivity contribution < 1.29 is 48.7 Å². The van der Waals surface area contributed by atoms with E-state index < -0.39 is 57.0 Å². The van der Waals surface area contributed by atoms with Crippen LogP contribution >= 0.6 is 0 Å². The average Bonchev–Trinajstić information content (AvgIpc) is 2.76. The number of rotatable bonds is 8. The Morgan fingerprint density at radius 2 is 1.58 bits per heavy atom. The van der Waals surface area contributed by atoms with Crippen molar-refractivity contribution in [2.24, 2.45) is 4.99 Å². The summed E-state index contributed by atoms with van der Waals surface area (Å²) in [5.74, 6) is -2.31. The maximum Gasteiger partial charge on any atom is 0.435 e. The number of benzene rings is 2. The normalized spacial score (nSPS) is 13.5. The number of sulfone groups is 1. The van der Waals surface area contributed by atoms with Crippen LogP contribution in [0.4, 0.5) is 42.1 Å². The van der Waals surface area contributed by atoms with Crippen molar-refractivity contribution in [1.82, 2.24) is 5.32 Å². The van der Waals surface area contributed by atoms with Crippen LogP contribution < -0.4 is 10.6 Å². The van der Waals surface area contributed by atoms with Gasteiger partial charge in [-0.1, -0.05) is 18.2 Å². The zero-order valence-corrected chi connectivity index (χ0v) is 20.9. The minimum atomic E-state index is -6.31. The molecule has 0 aliphatic carbocycles. The number of nitrogens with zero attached hydrogens (tertiary/aromatic N) is 1. The molecule has 0 saturated carbocycles. The molecule has 0 aliphatic rings. The number of alkyl halides is 7. The van der Waals surface area contributed by atoms with Crippen molar-refractivity contribution in [2.75, 3.05) is 17.3 Å². The topological polar surface area (TPSA) is 105 Å². The minimum Gasteiger partial charge on any atom is -0.348 e. The lowest BCUT2D eigenvalue weighted by atomic mass is 9.92. The lowest BCUT2D eigenvalue weighted by Gasteiger charge is -2.30. The number of hydrogen-bond donors (Lipinski definition) is 2. The molecule has 2 aromatic rings. The van der Waals surface area contributed by atoms with Crippen LogP contribution in [-0.2, 0) is 15.5 Å². The van der Waals surface area contributed by atoms with Crippen molar-refractivity contribution in [3.05, 3.63) is 58.7 Å². The molecule has 7 nitrogen and oxygen atoms in total. The van der Waals surface area contributed by atoms with Gasteiger partial charge in [-0.05, 0) is 44.3 Å². The van der Waals surface area contributed by atoms with E-state index in [4.69, 9.17) is 0 Å². The van der Waals surface area contributed by atoms with Gasteiger partial charge in [-0.25, -0.2) is 12.8 Å². The Kier molecular flexibility index (Phi) is 8.66. The molecule has 0 heterocycles. The Hall–Kier alpha value is -3.49. The molecule has 38 heavy (non-hydrogen) atoms. The van der Waals surface area contributed by atoms with Crippen LogP contribution in [0.5, 0.6) is 0 Å². The fourth-order valence-electron chi connectivity index (χ4n) is 3.59. The van der Waals surface area contributed by atoms with E-state index in [1.165, 1.54) is 25.1 Å². The predicted octanol–water partition coefficient (Wildman–Crippen LogP) is 5.03. The van der Waals surface area contributed by atoms with Crippen LogP contribution in [0.15, 0.2) is 41.4 Å². The number of carbonyl (C=O) groups is 2. The summed E-state index contributed by atoms with van der Waals surface area (Å²) in [7, 11) is -3.47. The zero-order chi connectivity index (χ0) is 29.3. The number of anilines is 1. The third-order valence-electron chi connectivity index (χ3n) is 5.27. The molecule has 0 fully saturated rings. The summed E-state index contributed by atoms with van der Waals surface area (Å²) in [6.45, 7) is 5.76. The summed E-state index contributed by atoms with van der Waals surface area (Å²) in [6.07, 6.45) is -11.7. The van der Waals surface area contributed by atoms with E-state index in [0.717, 1.165) is 13.2 Å². The van der Waals surface area contributed by atoms with Crippen LogP contribution in [0.25, 0.3) is 0 Å². The summed E-state index contributed by atoms with van der Waals surface area (Å²) < 4.78 is 116. The third-order valence-corrected chi connectivity index (χ3v) is 6.37. The number of aliphatic imine (C=N–C) groups is 1. The summed E-state index contributed by atoms with van der Waals surface area (Å²) in [4.78, 5) is 29.5. The van der Waals surface area contributed by atoms with Gasteiger partial charge in [0.1, 0.15) is 9.84 Å². The van der Waals surface area contributed by atoms with Gasteiger partial charge in [0.05, 0.1) is 22.6 Å². The smallest absolute Gasteiger partial charge is 0.348 e. The maximum absolute atomic E-state index is 14.4. The average molecular weight is 569 g/mol. The van der Waals surface area contributed by atoms with E-state index in [1.54, 1.807) is 0 Å². The fraction of sp³-hybridized carbons (Fsp3) is 0.348. The molecule has 1 unspecified atom stereocenters. The standard InChI is InChI=1S/C23H22F7N3O4S/c1-12-10-14(21(24,22(25,26)27)23(28,29)30)8-9-16(12)33-19(34)15-6-5-7-17(31-3)18(15)20(35)32-13(2)11-38(4,36)37/h5-10,13H,3,11H2,1-2,4H3,(H,32,35)(H,33,34). The van der Waals surface area contributed by atoms with Crippen LogP contribution in [0, 0.1) is 6.92 Å². The van der Waals surface area contributed by atoms with E-state index in [2.05, 4.69) is 22.3 Å². The third kappa shape index (κ3) is 6.49. The second kappa shape index (κ2) is 10.7. The van der Waals surface area contributed by atoms with E-state index in [0.29, 0.717) is 12.1 Å². The summed E-state index contributed by atoms with van der Waals surface area (Å²) in [6, 6.07) is 4.18. The highest BCUT2D eigenvalue weighted by Gasteiger charge is 2.73. The molecular weight excluding hydrogens is 547 g/mol. The molecule has 2 rings (SSSR count). The first-order valence-corrected chi connectivity index (χ1v) is 12.6. The Morgan fingerprint density at radius 1 is 1.00 bits per heavy atom. The van der Waals surface area contributed by atoms with Gasteiger partial charge in [0, 0.05) is 23.5 Å². The molecular formula is C23H22F7N3O4S.